The SMILES string of the molecule is CCNc1cc(NC(C)CC)nc(C)n1. The number of nitrogens with zero attached hydrogens (tertiary/aromatic N) is 2. The predicted molar refractivity (Wildman–Crippen MR) is 64.3 cm³/mol. The van der Waals surface area contributed by atoms with Crippen LogP contribution in [0, 0.1) is 6.92 Å². The molecule has 0 spiro atoms. The summed E-state index contributed by atoms with van der Waals surface area (Å²) in [5.74, 6) is 2.57. The van der Waals surface area contributed by atoms with E-state index < -0.39 is 0 Å². The molecule has 0 radical (unpaired) electrons. The second-order valence-electron chi connectivity index (χ2n) is 3.67. The molecule has 0 aliphatic heterocycles. The van der Waals surface area contributed by atoms with Crippen LogP contribution in [0.3, 0.4) is 0 Å². The molecule has 84 valence electrons. The second kappa shape index (κ2) is 5.53. The highest BCUT2D eigenvalue weighted by Gasteiger charge is 2.03. The van der Waals surface area contributed by atoms with Crippen LogP contribution in [0.15, 0.2) is 6.07 Å². The first-order valence-electron chi connectivity index (χ1n) is 5.51. The first-order chi connectivity index (χ1) is 7.15. The lowest BCUT2D eigenvalue weighted by Gasteiger charge is -2.13. The third-order valence-corrected chi connectivity index (χ3v) is 2.20. The average molecular weight is 208 g/mol. The van der Waals surface area contributed by atoms with Crippen LogP contribution in [-0.2, 0) is 0 Å². The lowest BCUT2D eigenvalue weighted by atomic mass is 10.2. The molecule has 0 aliphatic rings. The van der Waals surface area contributed by atoms with Crippen molar-refractivity contribution < 1.29 is 0 Å². The van der Waals surface area contributed by atoms with Gasteiger partial charge < -0.3 is 10.6 Å². The Morgan fingerprint density at radius 1 is 1.27 bits per heavy atom. The number of aryl methyl sites for hydroxylation is 1. The maximum Gasteiger partial charge on any atom is 0.132 e. The molecule has 0 saturated carbocycles. The van der Waals surface area contributed by atoms with E-state index in [9.17, 15) is 0 Å². The maximum absolute atomic E-state index is 4.34. The Hall–Kier alpha value is -1.32. The van der Waals surface area contributed by atoms with Gasteiger partial charge in [0.2, 0.25) is 0 Å². The molecule has 1 atom stereocenters. The molecule has 1 aromatic heterocycles. The van der Waals surface area contributed by atoms with Crippen molar-refractivity contribution in [1.29, 1.82) is 0 Å². The second-order valence-corrected chi connectivity index (χ2v) is 3.67. The fourth-order valence-corrected chi connectivity index (χ4v) is 1.27. The van der Waals surface area contributed by atoms with Gasteiger partial charge in [-0.1, -0.05) is 6.92 Å². The van der Waals surface area contributed by atoms with Crippen LogP contribution in [-0.4, -0.2) is 22.6 Å². The minimum Gasteiger partial charge on any atom is -0.370 e. The Bertz CT molecular complexity index is 311. The molecule has 1 heterocycles. The highest BCUT2D eigenvalue weighted by atomic mass is 15.1. The van der Waals surface area contributed by atoms with Gasteiger partial charge in [-0.15, -0.1) is 0 Å². The monoisotopic (exact) mass is 208 g/mol. The zero-order chi connectivity index (χ0) is 11.3. The summed E-state index contributed by atoms with van der Waals surface area (Å²) in [6, 6.07) is 2.39. The van der Waals surface area contributed by atoms with Crippen LogP contribution in [0.1, 0.15) is 33.0 Å². The highest BCUT2D eigenvalue weighted by molar-refractivity contribution is 5.47. The van der Waals surface area contributed by atoms with E-state index in [4.69, 9.17) is 0 Å². The zero-order valence-corrected chi connectivity index (χ0v) is 9.96. The first-order valence-corrected chi connectivity index (χ1v) is 5.51. The van der Waals surface area contributed by atoms with Crippen molar-refractivity contribution in [3.63, 3.8) is 0 Å². The Kier molecular flexibility index (Phi) is 4.34. The van der Waals surface area contributed by atoms with Gasteiger partial charge in [0, 0.05) is 18.7 Å². The van der Waals surface area contributed by atoms with Crippen LogP contribution in [0.4, 0.5) is 11.6 Å². The standard InChI is InChI=1S/C11H20N4/c1-5-8(3)13-11-7-10(12-6-2)14-9(4)15-11/h7-8H,5-6H2,1-4H3,(H2,12,13,14,15). The molecule has 1 aromatic rings. The van der Waals surface area contributed by atoms with Crippen LogP contribution in [0.2, 0.25) is 0 Å². The number of hydrogen-bond acceptors (Lipinski definition) is 4. The van der Waals surface area contributed by atoms with Crippen LogP contribution >= 0.6 is 0 Å². The van der Waals surface area contributed by atoms with Crippen molar-refractivity contribution in [3.05, 3.63) is 11.9 Å². The van der Waals surface area contributed by atoms with Gasteiger partial charge in [-0.05, 0) is 27.2 Å². The molecule has 0 bridgehead atoms. The van der Waals surface area contributed by atoms with Gasteiger partial charge in [0.25, 0.3) is 0 Å². The molecule has 0 aliphatic carbocycles. The fraction of sp³-hybridized carbons (Fsp3) is 0.636. The predicted octanol–water partition coefficient (Wildman–Crippen LogP) is 2.43. The number of aromatic nitrogens is 2. The van der Waals surface area contributed by atoms with E-state index in [1.807, 2.05) is 13.0 Å². The van der Waals surface area contributed by atoms with E-state index in [0.717, 1.165) is 30.4 Å². The molecule has 0 amide bonds. The molecule has 0 aromatic carbocycles. The van der Waals surface area contributed by atoms with E-state index >= 15 is 0 Å². The first kappa shape index (κ1) is 11.8. The van der Waals surface area contributed by atoms with Crippen molar-refractivity contribution >= 4 is 11.6 Å². The van der Waals surface area contributed by atoms with Gasteiger partial charge in [-0.2, -0.15) is 0 Å². The molecule has 0 saturated heterocycles. The highest BCUT2D eigenvalue weighted by Crippen LogP contribution is 2.12. The lowest BCUT2D eigenvalue weighted by molar-refractivity contribution is 0.757. The molecule has 15 heavy (non-hydrogen) atoms. The van der Waals surface area contributed by atoms with Gasteiger partial charge in [0.15, 0.2) is 0 Å². The fourth-order valence-electron chi connectivity index (χ4n) is 1.27. The quantitative estimate of drug-likeness (QED) is 0.780. The summed E-state index contributed by atoms with van der Waals surface area (Å²) < 4.78 is 0. The van der Waals surface area contributed by atoms with Gasteiger partial charge in [-0.25, -0.2) is 9.97 Å². The third kappa shape index (κ3) is 3.73. The van der Waals surface area contributed by atoms with Crippen LogP contribution in [0.25, 0.3) is 0 Å². The van der Waals surface area contributed by atoms with E-state index in [1.165, 1.54) is 0 Å². The van der Waals surface area contributed by atoms with Crippen molar-refractivity contribution in [1.82, 2.24) is 9.97 Å². The van der Waals surface area contributed by atoms with E-state index in [-0.39, 0.29) is 0 Å². The Labute approximate surface area is 91.5 Å². The topological polar surface area (TPSA) is 49.8 Å². The average Bonchev–Trinajstić information content (AvgIpc) is 2.17. The van der Waals surface area contributed by atoms with Crippen LogP contribution in [0.5, 0.6) is 0 Å². The lowest BCUT2D eigenvalue weighted by Crippen LogP contribution is -2.15. The van der Waals surface area contributed by atoms with Gasteiger partial charge in [0.1, 0.15) is 17.5 Å². The van der Waals surface area contributed by atoms with Gasteiger partial charge >= 0.3 is 0 Å². The summed E-state index contributed by atoms with van der Waals surface area (Å²) in [5, 5.41) is 6.53. The summed E-state index contributed by atoms with van der Waals surface area (Å²) in [6.07, 6.45) is 1.08. The number of anilines is 2. The van der Waals surface area contributed by atoms with Gasteiger partial charge in [0.05, 0.1) is 0 Å². The van der Waals surface area contributed by atoms with Crippen molar-refractivity contribution in [2.45, 2.75) is 40.2 Å². The van der Waals surface area contributed by atoms with E-state index in [2.05, 4.69) is 41.4 Å². The molecule has 2 N–H and O–H groups in total. The summed E-state index contributed by atoms with van der Waals surface area (Å²) in [7, 11) is 0. The minimum absolute atomic E-state index is 0.439. The number of hydrogen-bond donors (Lipinski definition) is 2. The zero-order valence-electron chi connectivity index (χ0n) is 9.96. The number of nitrogens with one attached hydrogen (secondary N) is 2. The maximum atomic E-state index is 4.34. The van der Waals surface area contributed by atoms with Gasteiger partial charge in [-0.3, -0.25) is 0 Å². The smallest absolute Gasteiger partial charge is 0.132 e. The summed E-state index contributed by atoms with van der Waals surface area (Å²) in [4.78, 5) is 8.64. The van der Waals surface area contributed by atoms with E-state index in [0.29, 0.717) is 6.04 Å². The molecular formula is C11H20N4. The van der Waals surface area contributed by atoms with Crippen molar-refractivity contribution in [2.24, 2.45) is 0 Å². The molecule has 0 fully saturated rings. The van der Waals surface area contributed by atoms with E-state index in [1.54, 1.807) is 0 Å². The minimum atomic E-state index is 0.439. The summed E-state index contributed by atoms with van der Waals surface area (Å²) >= 11 is 0. The Balaban J connectivity index is 2.78. The number of rotatable bonds is 5. The Morgan fingerprint density at radius 2 is 1.93 bits per heavy atom. The van der Waals surface area contributed by atoms with Crippen molar-refractivity contribution in [3.8, 4) is 0 Å². The van der Waals surface area contributed by atoms with Crippen molar-refractivity contribution in [2.75, 3.05) is 17.2 Å². The van der Waals surface area contributed by atoms with Crippen LogP contribution < -0.4 is 10.6 Å². The third-order valence-electron chi connectivity index (χ3n) is 2.20. The largest absolute Gasteiger partial charge is 0.370 e. The molecule has 1 unspecified atom stereocenters. The summed E-state index contributed by atoms with van der Waals surface area (Å²) in [6.45, 7) is 9.13. The normalized spacial score (nSPS) is 12.3. The molecule has 4 heteroatoms. The molecular weight excluding hydrogens is 188 g/mol. The summed E-state index contributed by atoms with van der Waals surface area (Å²) in [5.41, 5.74) is 0. The Morgan fingerprint density at radius 3 is 2.53 bits per heavy atom. The molecule has 4 nitrogen and oxygen atoms in total. The molecule has 1 rings (SSSR count).